The number of nitrogens with zero attached hydrogens (tertiary/aromatic N) is 2. The molecule has 1 N–H and O–H groups in total. The molecule has 1 fully saturated rings. The van der Waals surface area contributed by atoms with Gasteiger partial charge in [-0.15, -0.1) is 0 Å². The van der Waals surface area contributed by atoms with Gasteiger partial charge in [0, 0.05) is 26.2 Å². The average Bonchev–Trinajstić information content (AvgIpc) is 2.26. The van der Waals surface area contributed by atoms with Crippen LogP contribution < -0.4 is 5.32 Å². The van der Waals surface area contributed by atoms with Gasteiger partial charge in [-0.2, -0.15) is 0 Å². The molecule has 1 saturated heterocycles. The predicted molar refractivity (Wildman–Crippen MR) is 75.5 cm³/mol. The molecule has 3 atom stereocenters. The minimum absolute atomic E-state index is 0.0672. The summed E-state index contributed by atoms with van der Waals surface area (Å²) in [5, 5.41) is 3.31. The van der Waals surface area contributed by atoms with E-state index in [1.54, 1.807) is 0 Å². The van der Waals surface area contributed by atoms with E-state index < -0.39 is 0 Å². The van der Waals surface area contributed by atoms with E-state index in [4.69, 9.17) is 0 Å². The fourth-order valence-electron chi connectivity index (χ4n) is 2.71. The van der Waals surface area contributed by atoms with Crippen LogP contribution in [0.3, 0.4) is 0 Å². The van der Waals surface area contributed by atoms with E-state index in [-0.39, 0.29) is 11.9 Å². The Morgan fingerprint density at radius 2 is 1.89 bits per heavy atom. The first-order valence-electron chi connectivity index (χ1n) is 7.07. The van der Waals surface area contributed by atoms with Gasteiger partial charge >= 0.3 is 0 Å². The highest BCUT2D eigenvalue weighted by Crippen LogP contribution is 2.21. The topological polar surface area (TPSA) is 35.6 Å². The van der Waals surface area contributed by atoms with E-state index in [2.05, 4.69) is 24.1 Å². The van der Waals surface area contributed by atoms with Crippen LogP contribution in [0.4, 0.5) is 0 Å². The molecule has 1 amide bonds. The highest BCUT2D eigenvalue weighted by atomic mass is 16.2. The minimum Gasteiger partial charge on any atom is -0.341 e. The van der Waals surface area contributed by atoms with Gasteiger partial charge in [-0.25, -0.2) is 0 Å². The molecule has 0 radical (unpaired) electrons. The highest BCUT2D eigenvalue weighted by molar-refractivity contribution is 5.81. The molecule has 0 bridgehead atoms. The largest absolute Gasteiger partial charge is 0.341 e. The van der Waals surface area contributed by atoms with Crippen molar-refractivity contribution >= 4 is 5.91 Å². The van der Waals surface area contributed by atoms with Crippen LogP contribution in [0.5, 0.6) is 0 Å². The number of nitrogens with one attached hydrogen (secondary N) is 1. The maximum Gasteiger partial charge on any atom is 0.239 e. The standard InChI is InChI=1S/C14H29N3O/c1-11-8-12(2)10-17(9-11)14(18)13(3)15-6-7-16(4)5/h11-13,15H,6-10H2,1-5H3/t11-,12+,13-/m0/s1. The number of rotatable bonds is 5. The molecule has 0 aromatic rings. The van der Waals surface area contributed by atoms with Gasteiger partial charge in [0.1, 0.15) is 0 Å². The van der Waals surface area contributed by atoms with E-state index in [0.717, 1.165) is 26.2 Å². The van der Waals surface area contributed by atoms with E-state index >= 15 is 0 Å². The van der Waals surface area contributed by atoms with Gasteiger partial charge in [-0.05, 0) is 39.3 Å². The van der Waals surface area contributed by atoms with Crippen LogP contribution in [-0.4, -0.2) is 62.0 Å². The monoisotopic (exact) mass is 255 g/mol. The summed E-state index contributed by atoms with van der Waals surface area (Å²) in [5.41, 5.74) is 0. The Kier molecular flexibility index (Phi) is 6.09. The summed E-state index contributed by atoms with van der Waals surface area (Å²) in [7, 11) is 4.09. The normalized spacial score (nSPS) is 26.4. The Morgan fingerprint density at radius 3 is 2.39 bits per heavy atom. The first-order valence-corrected chi connectivity index (χ1v) is 7.07. The van der Waals surface area contributed by atoms with Crippen molar-refractivity contribution in [2.75, 3.05) is 40.3 Å². The Bertz CT molecular complexity index is 258. The zero-order chi connectivity index (χ0) is 13.7. The molecule has 0 unspecified atom stereocenters. The lowest BCUT2D eigenvalue weighted by Gasteiger charge is -2.36. The Hall–Kier alpha value is -0.610. The number of likely N-dealkylation sites (tertiary alicyclic amines) is 1. The molecular weight excluding hydrogens is 226 g/mol. The minimum atomic E-state index is -0.0672. The zero-order valence-corrected chi connectivity index (χ0v) is 12.6. The third kappa shape index (κ3) is 4.94. The number of hydrogen-bond donors (Lipinski definition) is 1. The van der Waals surface area contributed by atoms with Crippen molar-refractivity contribution in [1.82, 2.24) is 15.1 Å². The third-order valence-corrected chi connectivity index (χ3v) is 3.56. The lowest BCUT2D eigenvalue weighted by Crippen LogP contribution is -2.50. The zero-order valence-electron chi connectivity index (χ0n) is 12.6. The molecular formula is C14H29N3O. The smallest absolute Gasteiger partial charge is 0.239 e. The lowest BCUT2D eigenvalue weighted by molar-refractivity contribution is -0.135. The molecule has 106 valence electrons. The summed E-state index contributed by atoms with van der Waals surface area (Å²) >= 11 is 0. The van der Waals surface area contributed by atoms with Crippen LogP contribution in [0.25, 0.3) is 0 Å². The van der Waals surface area contributed by atoms with Crippen LogP contribution in [0.15, 0.2) is 0 Å². The van der Waals surface area contributed by atoms with E-state index in [9.17, 15) is 4.79 Å². The molecule has 18 heavy (non-hydrogen) atoms. The summed E-state index contributed by atoms with van der Waals surface area (Å²) in [6.45, 7) is 10.1. The van der Waals surface area contributed by atoms with Gasteiger partial charge < -0.3 is 15.1 Å². The second-order valence-electron chi connectivity index (χ2n) is 6.17. The molecule has 0 aromatic heterocycles. The Labute approximate surface area is 112 Å². The molecule has 1 rings (SSSR count). The van der Waals surface area contributed by atoms with E-state index in [1.807, 2.05) is 25.9 Å². The van der Waals surface area contributed by atoms with Crippen molar-refractivity contribution in [2.24, 2.45) is 11.8 Å². The van der Waals surface area contributed by atoms with Crippen LogP contribution in [0.2, 0.25) is 0 Å². The number of carbonyl (C=O) groups is 1. The van der Waals surface area contributed by atoms with Crippen LogP contribution >= 0.6 is 0 Å². The van der Waals surface area contributed by atoms with Crippen LogP contribution in [0.1, 0.15) is 27.2 Å². The second kappa shape index (κ2) is 7.10. The van der Waals surface area contributed by atoms with Gasteiger partial charge in [0.2, 0.25) is 5.91 Å². The summed E-state index contributed by atoms with van der Waals surface area (Å²) < 4.78 is 0. The quantitative estimate of drug-likeness (QED) is 0.797. The summed E-state index contributed by atoms with van der Waals surface area (Å²) in [4.78, 5) is 16.5. The van der Waals surface area contributed by atoms with Gasteiger partial charge in [0.05, 0.1) is 6.04 Å². The fraction of sp³-hybridized carbons (Fsp3) is 0.929. The summed E-state index contributed by atoms with van der Waals surface area (Å²) in [5.74, 6) is 1.52. The van der Waals surface area contributed by atoms with Crippen LogP contribution in [0, 0.1) is 11.8 Å². The lowest BCUT2D eigenvalue weighted by atomic mass is 9.91. The van der Waals surface area contributed by atoms with Crippen molar-refractivity contribution in [2.45, 2.75) is 33.2 Å². The first kappa shape index (κ1) is 15.4. The molecule has 0 spiro atoms. The average molecular weight is 255 g/mol. The summed E-state index contributed by atoms with van der Waals surface area (Å²) in [6.07, 6.45) is 1.24. The van der Waals surface area contributed by atoms with Gasteiger partial charge in [0.25, 0.3) is 0 Å². The van der Waals surface area contributed by atoms with Crippen molar-refractivity contribution in [3.8, 4) is 0 Å². The Balaban J connectivity index is 2.38. The number of piperidine rings is 1. The van der Waals surface area contributed by atoms with Gasteiger partial charge in [-0.1, -0.05) is 13.8 Å². The number of hydrogen-bond acceptors (Lipinski definition) is 3. The Morgan fingerprint density at radius 1 is 1.33 bits per heavy atom. The number of carbonyl (C=O) groups excluding carboxylic acids is 1. The molecule has 0 aliphatic carbocycles. The van der Waals surface area contributed by atoms with Crippen molar-refractivity contribution < 1.29 is 4.79 Å². The molecule has 4 heteroatoms. The van der Waals surface area contributed by atoms with Gasteiger partial charge in [0.15, 0.2) is 0 Å². The van der Waals surface area contributed by atoms with Gasteiger partial charge in [-0.3, -0.25) is 4.79 Å². The third-order valence-electron chi connectivity index (χ3n) is 3.56. The van der Waals surface area contributed by atoms with Crippen molar-refractivity contribution in [1.29, 1.82) is 0 Å². The SMILES string of the molecule is C[C@@H]1C[C@H](C)CN(C(=O)[C@H](C)NCCN(C)C)C1. The molecule has 0 aromatic carbocycles. The molecule has 1 aliphatic heterocycles. The molecule has 1 aliphatic rings. The number of amides is 1. The maximum absolute atomic E-state index is 12.3. The predicted octanol–water partition coefficient (Wildman–Crippen LogP) is 1.03. The summed E-state index contributed by atoms with van der Waals surface area (Å²) in [6, 6.07) is -0.0672. The van der Waals surface area contributed by atoms with Crippen molar-refractivity contribution in [3.63, 3.8) is 0 Å². The molecule has 1 heterocycles. The second-order valence-corrected chi connectivity index (χ2v) is 6.17. The van der Waals surface area contributed by atoms with E-state index in [1.165, 1.54) is 6.42 Å². The van der Waals surface area contributed by atoms with Crippen LogP contribution in [-0.2, 0) is 4.79 Å². The van der Waals surface area contributed by atoms with Crippen molar-refractivity contribution in [3.05, 3.63) is 0 Å². The maximum atomic E-state index is 12.3. The number of likely N-dealkylation sites (N-methyl/N-ethyl adjacent to an activating group) is 1. The first-order chi connectivity index (χ1) is 8.40. The fourth-order valence-corrected chi connectivity index (χ4v) is 2.71. The van der Waals surface area contributed by atoms with E-state index in [0.29, 0.717) is 11.8 Å². The highest BCUT2D eigenvalue weighted by Gasteiger charge is 2.27. The molecule has 4 nitrogen and oxygen atoms in total. The molecule has 0 saturated carbocycles.